The molecule has 0 saturated carbocycles. The fourth-order valence-electron chi connectivity index (χ4n) is 2.65. The van der Waals surface area contributed by atoms with E-state index >= 15 is 0 Å². The van der Waals surface area contributed by atoms with Gasteiger partial charge in [0.2, 0.25) is 0 Å². The maximum atomic E-state index is 13.5. The van der Waals surface area contributed by atoms with E-state index in [0.29, 0.717) is 5.15 Å². The molecule has 0 saturated heterocycles. The molecule has 0 unspecified atom stereocenters. The summed E-state index contributed by atoms with van der Waals surface area (Å²) in [6.45, 7) is 4.89. The van der Waals surface area contributed by atoms with E-state index in [1.165, 1.54) is 12.4 Å². The van der Waals surface area contributed by atoms with Crippen LogP contribution >= 0.6 is 11.6 Å². The van der Waals surface area contributed by atoms with Crippen LogP contribution < -0.4 is 4.90 Å². The summed E-state index contributed by atoms with van der Waals surface area (Å²) < 4.78 is 13.5. The SMILES string of the molecule is CC(C)c1c(Cl)ncnc1N1CCc2ccc(F)cc21. The van der Waals surface area contributed by atoms with Gasteiger partial charge in [0.1, 0.15) is 23.1 Å². The Labute approximate surface area is 122 Å². The number of hydrogen-bond donors (Lipinski definition) is 0. The zero-order chi connectivity index (χ0) is 14.3. The molecule has 5 heteroatoms. The van der Waals surface area contributed by atoms with Crippen LogP contribution in [0.4, 0.5) is 15.9 Å². The highest BCUT2D eigenvalue weighted by Gasteiger charge is 2.26. The van der Waals surface area contributed by atoms with Crippen molar-refractivity contribution in [1.82, 2.24) is 9.97 Å². The molecule has 2 aromatic rings. The predicted molar refractivity (Wildman–Crippen MR) is 78.2 cm³/mol. The van der Waals surface area contributed by atoms with Gasteiger partial charge in [0.15, 0.2) is 0 Å². The molecule has 0 spiro atoms. The van der Waals surface area contributed by atoms with E-state index in [0.717, 1.165) is 35.6 Å². The highest BCUT2D eigenvalue weighted by atomic mass is 35.5. The number of nitrogens with zero attached hydrogens (tertiary/aromatic N) is 3. The van der Waals surface area contributed by atoms with Crippen LogP contribution in [0.1, 0.15) is 30.9 Å². The van der Waals surface area contributed by atoms with Crippen LogP contribution in [0.2, 0.25) is 5.15 Å². The standard InChI is InChI=1S/C15H15ClFN3/c1-9(2)13-14(16)18-8-19-15(13)20-6-5-10-3-4-11(17)7-12(10)20/h3-4,7-9H,5-6H2,1-2H3. The molecule has 1 aromatic carbocycles. The quantitative estimate of drug-likeness (QED) is 0.781. The van der Waals surface area contributed by atoms with Gasteiger partial charge in [0, 0.05) is 17.8 Å². The Morgan fingerprint density at radius 2 is 2.10 bits per heavy atom. The monoisotopic (exact) mass is 291 g/mol. The van der Waals surface area contributed by atoms with Gasteiger partial charge >= 0.3 is 0 Å². The van der Waals surface area contributed by atoms with Gasteiger partial charge in [-0.1, -0.05) is 31.5 Å². The Kier molecular flexibility index (Phi) is 3.34. The summed E-state index contributed by atoms with van der Waals surface area (Å²) in [5.74, 6) is 0.752. The maximum absolute atomic E-state index is 13.5. The number of rotatable bonds is 2. The second-order valence-electron chi connectivity index (χ2n) is 5.23. The first kappa shape index (κ1) is 13.3. The molecule has 2 heterocycles. The molecule has 0 amide bonds. The lowest BCUT2D eigenvalue weighted by Crippen LogP contribution is -2.18. The van der Waals surface area contributed by atoms with E-state index in [4.69, 9.17) is 11.6 Å². The molecule has 104 valence electrons. The summed E-state index contributed by atoms with van der Waals surface area (Å²) in [7, 11) is 0. The molecular weight excluding hydrogens is 277 g/mol. The van der Waals surface area contributed by atoms with Crippen molar-refractivity contribution in [3.8, 4) is 0 Å². The third kappa shape index (κ3) is 2.14. The van der Waals surface area contributed by atoms with Crippen molar-refractivity contribution in [3.05, 3.63) is 46.6 Å². The van der Waals surface area contributed by atoms with Crippen LogP contribution in [-0.2, 0) is 6.42 Å². The highest BCUT2D eigenvalue weighted by Crippen LogP contribution is 2.39. The Morgan fingerprint density at radius 1 is 1.30 bits per heavy atom. The largest absolute Gasteiger partial charge is 0.325 e. The Morgan fingerprint density at radius 3 is 2.85 bits per heavy atom. The molecule has 3 rings (SSSR count). The first-order valence-electron chi connectivity index (χ1n) is 6.64. The van der Waals surface area contributed by atoms with Crippen LogP contribution in [-0.4, -0.2) is 16.5 Å². The predicted octanol–water partition coefficient (Wildman–Crippen LogP) is 4.09. The molecule has 0 aliphatic carbocycles. The van der Waals surface area contributed by atoms with E-state index in [-0.39, 0.29) is 11.7 Å². The van der Waals surface area contributed by atoms with Gasteiger partial charge in [-0.05, 0) is 30.0 Å². The average molecular weight is 292 g/mol. The molecule has 0 N–H and O–H groups in total. The third-order valence-corrected chi connectivity index (χ3v) is 3.89. The van der Waals surface area contributed by atoms with E-state index in [1.54, 1.807) is 6.07 Å². The fourth-order valence-corrected chi connectivity index (χ4v) is 3.00. The summed E-state index contributed by atoms with van der Waals surface area (Å²) in [5, 5.41) is 0.467. The van der Waals surface area contributed by atoms with Crippen LogP contribution in [0.25, 0.3) is 0 Å². The first-order chi connectivity index (χ1) is 9.58. The highest BCUT2D eigenvalue weighted by molar-refractivity contribution is 6.30. The summed E-state index contributed by atoms with van der Waals surface area (Å²) in [4.78, 5) is 10.5. The Bertz CT molecular complexity index is 658. The Hall–Kier alpha value is -1.68. The lowest BCUT2D eigenvalue weighted by Gasteiger charge is -2.23. The van der Waals surface area contributed by atoms with Crippen LogP contribution in [0.15, 0.2) is 24.5 Å². The van der Waals surface area contributed by atoms with Crippen LogP contribution in [0.3, 0.4) is 0 Å². The number of benzene rings is 1. The second kappa shape index (κ2) is 5.02. The number of halogens is 2. The van der Waals surface area contributed by atoms with E-state index in [9.17, 15) is 4.39 Å². The van der Waals surface area contributed by atoms with Crippen molar-refractivity contribution >= 4 is 23.1 Å². The van der Waals surface area contributed by atoms with Crippen molar-refractivity contribution in [3.63, 3.8) is 0 Å². The number of aromatic nitrogens is 2. The summed E-state index contributed by atoms with van der Waals surface area (Å²) in [6, 6.07) is 4.89. The third-order valence-electron chi connectivity index (χ3n) is 3.59. The maximum Gasteiger partial charge on any atom is 0.141 e. The second-order valence-corrected chi connectivity index (χ2v) is 5.59. The number of anilines is 2. The number of hydrogen-bond acceptors (Lipinski definition) is 3. The molecule has 0 radical (unpaired) electrons. The van der Waals surface area contributed by atoms with Crippen LogP contribution in [0.5, 0.6) is 0 Å². The van der Waals surface area contributed by atoms with Gasteiger partial charge < -0.3 is 4.90 Å². The molecular formula is C15H15ClFN3. The zero-order valence-electron chi connectivity index (χ0n) is 11.4. The lowest BCUT2D eigenvalue weighted by molar-refractivity contribution is 0.628. The average Bonchev–Trinajstić information content (AvgIpc) is 2.80. The van der Waals surface area contributed by atoms with Gasteiger partial charge in [-0.2, -0.15) is 0 Å². The van der Waals surface area contributed by atoms with Gasteiger partial charge in [-0.25, -0.2) is 14.4 Å². The van der Waals surface area contributed by atoms with E-state index in [2.05, 4.69) is 23.8 Å². The molecule has 0 bridgehead atoms. The van der Waals surface area contributed by atoms with Gasteiger partial charge in [-0.15, -0.1) is 0 Å². The van der Waals surface area contributed by atoms with Crippen molar-refractivity contribution in [1.29, 1.82) is 0 Å². The lowest BCUT2D eigenvalue weighted by atomic mass is 10.1. The minimum atomic E-state index is -0.234. The molecule has 1 aliphatic heterocycles. The Balaban J connectivity index is 2.13. The molecule has 3 nitrogen and oxygen atoms in total. The minimum absolute atomic E-state index is 0.205. The number of fused-ring (bicyclic) bond motifs is 1. The summed E-state index contributed by atoms with van der Waals surface area (Å²) >= 11 is 6.21. The van der Waals surface area contributed by atoms with Gasteiger partial charge in [0.25, 0.3) is 0 Å². The molecule has 0 atom stereocenters. The van der Waals surface area contributed by atoms with Crippen molar-refractivity contribution < 1.29 is 4.39 Å². The minimum Gasteiger partial charge on any atom is -0.325 e. The van der Waals surface area contributed by atoms with Crippen molar-refractivity contribution in [2.75, 3.05) is 11.4 Å². The summed E-state index contributed by atoms with van der Waals surface area (Å²) in [5.41, 5.74) is 2.92. The van der Waals surface area contributed by atoms with Gasteiger partial charge in [-0.3, -0.25) is 0 Å². The van der Waals surface area contributed by atoms with Crippen molar-refractivity contribution in [2.45, 2.75) is 26.2 Å². The van der Waals surface area contributed by atoms with E-state index < -0.39 is 0 Å². The fraction of sp³-hybridized carbons (Fsp3) is 0.333. The molecule has 0 fully saturated rings. The first-order valence-corrected chi connectivity index (χ1v) is 7.02. The molecule has 1 aliphatic rings. The molecule has 20 heavy (non-hydrogen) atoms. The molecule has 1 aromatic heterocycles. The topological polar surface area (TPSA) is 29.0 Å². The summed E-state index contributed by atoms with van der Waals surface area (Å²) in [6.07, 6.45) is 2.34. The van der Waals surface area contributed by atoms with Crippen LogP contribution in [0, 0.1) is 5.82 Å². The van der Waals surface area contributed by atoms with Gasteiger partial charge in [0.05, 0.1) is 0 Å². The van der Waals surface area contributed by atoms with Crippen molar-refractivity contribution in [2.24, 2.45) is 0 Å². The normalized spacial score (nSPS) is 13.9. The zero-order valence-corrected chi connectivity index (χ0v) is 12.2. The smallest absolute Gasteiger partial charge is 0.141 e. The van der Waals surface area contributed by atoms with E-state index in [1.807, 2.05) is 11.0 Å².